The molecule has 16 heavy (non-hydrogen) atoms. The van der Waals surface area contributed by atoms with E-state index in [-0.39, 0.29) is 12.1 Å². The molecule has 1 fully saturated rings. The molecular weight excluding hydrogens is 221 g/mol. The van der Waals surface area contributed by atoms with Crippen molar-refractivity contribution >= 4 is 5.91 Å². The van der Waals surface area contributed by atoms with Gasteiger partial charge in [0.25, 0.3) is 0 Å². The molecule has 0 bridgehead atoms. The van der Waals surface area contributed by atoms with Gasteiger partial charge in [0.15, 0.2) is 0 Å². The van der Waals surface area contributed by atoms with Crippen LogP contribution in [0.4, 0.5) is 13.2 Å². The lowest BCUT2D eigenvalue weighted by atomic mass is 10.1. The highest BCUT2D eigenvalue weighted by Crippen LogP contribution is 2.22. The molecule has 6 heteroatoms. The topological polar surface area (TPSA) is 32.3 Å². The van der Waals surface area contributed by atoms with Gasteiger partial charge in [0.1, 0.15) is 0 Å². The highest BCUT2D eigenvalue weighted by molar-refractivity contribution is 5.76. The first-order chi connectivity index (χ1) is 7.29. The van der Waals surface area contributed by atoms with E-state index in [1.165, 1.54) is 4.90 Å². The lowest BCUT2D eigenvalue weighted by molar-refractivity contribution is -0.151. The molecule has 1 N–H and O–H groups in total. The highest BCUT2D eigenvalue weighted by Gasteiger charge is 2.31. The number of alkyl halides is 3. The van der Waals surface area contributed by atoms with Crippen LogP contribution < -0.4 is 5.32 Å². The first-order valence-electron chi connectivity index (χ1n) is 5.39. The lowest BCUT2D eigenvalue weighted by Crippen LogP contribution is -2.56. The number of hydrogen-bond donors (Lipinski definition) is 1. The molecule has 0 aliphatic carbocycles. The van der Waals surface area contributed by atoms with Gasteiger partial charge < -0.3 is 10.2 Å². The quantitative estimate of drug-likeness (QED) is 0.791. The average molecular weight is 238 g/mol. The number of hydrogen-bond acceptors (Lipinski definition) is 2. The fourth-order valence-corrected chi connectivity index (χ4v) is 1.76. The van der Waals surface area contributed by atoms with Crippen LogP contribution in [-0.4, -0.2) is 42.2 Å². The van der Waals surface area contributed by atoms with E-state index in [2.05, 4.69) is 5.32 Å². The van der Waals surface area contributed by atoms with Crippen LogP contribution >= 0.6 is 0 Å². The van der Waals surface area contributed by atoms with Crippen LogP contribution in [0, 0.1) is 0 Å². The fraction of sp³-hybridized carbons (Fsp3) is 0.900. The van der Waals surface area contributed by atoms with Crippen LogP contribution in [0.2, 0.25) is 0 Å². The normalized spacial score (nSPS) is 26.9. The Morgan fingerprint density at radius 2 is 2.06 bits per heavy atom. The number of amides is 1. The molecule has 1 heterocycles. The third-order valence-electron chi connectivity index (χ3n) is 2.71. The van der Waals surface area contributed by atoms with Gasteiger partial charge >= 0.3 is 6.18 Å². The predicted octanol–water partition coefficient (Wildman–Crippen LogP) is 1.54. The molecule has 0 spiro atoms. The molecule has 94 valence electrons. The van der Waals surface area contributed by atoms with Crippen molar-refractivity contribution in [3.05, 3.63) is 0 Å². The number of nitrogens with one attached hydrogen (secondary N) is 1. The second-order valence-corrected chi connectivity index (χ2v) is 4.32. The number of carbonyl (C=O) groups excluding carboxylic acids is 1. The van der Waals surface area contributed by atoms with Gasteiger partial charge in [-0.3, -0.25) is 4.79 Å². The molecule has 0 radical (unpaired) electrons. The van der Waals surface area contributed by atoms with E-state index in [4.69, 9.17) is 0 Å². The number of rotatable bonds is 2. The molecule has 2 atom stereocenters. The Hall–Kier alpha value is -0.780. The minimum absolute atomic E-state index is 0.0306. The van der Waals surface area contributed by atoms with E-state index in [9.17, 15) is 18.0 Å². The molecule has 1 rings (SSSR count). The third kappa shape index (κ3) is 4.00. The van der Waals surface area contributed by atoms with Crippen molar-refractivity contribution in [2.45, 2.75) is 44.9 Å². The van der Waals surface area contributed by atoms with Crippen molar-refractivity contribution in [1.82, 2.24) is 10.2 Å². The zero-order valence-electron chi connectivity index (χ0n) is 9.47. The summed E-state index contributed by atoms with van der Waals surface area (Å²) in [5.41, 5.74) is 0. The number of carbonyl (C=O) groups is 1. The molecule has 1 amide bonds. The van der Waals surface area contributed by atoms with Crippen LogP contribution in [-0.2, 0) is 4.79 Å². The summed E-state index contributed by atoms with van der Waals surface area (Å²) in [6.45, 7) is 4.87. The van der Waals surface area contributed by atoms with Gasteiger partial charge in [-0.15, -0.1) is 0 Å². The van der Waals surface area contributed by atoms with Gasteiger partial charge in [-0.25, -0.2) is 0 Å². The van der Waals surface area contributed by atoms with Crippen molar-refractivity contribution in [2.75, 3.05) is 13.1 Å². The first kappa shape index (κ1) is 13.3. The van der Waals surface area contributed by atoms with Crippen LogP contribution in [0.3, 0.4) is 0 Å². The maximum absolute atomic E-state index is 12.0. The summed E-state index contributed by atoms with van der Waals surface area (Å²) >= 11 is 0. The Kier molecular flexibility index (Phi) is 4.18. The Balaban J connectivity index is 2.46. The summed E-state index contributed by atoms with van der Waals surface area (Å²) in [5.74, 6) is -0.404. The highest BCUT2D eigenvalue weighted by atomic mass is 19.4. The zero-order valence-corrected chi connectivity index (χ0v) is 9.47. The average Bonchev–Trinajstić information content (AvgIpc) is 2.17. The van der Waals surface area contributed by atoms with Crippen molar-refractivity contribution in [2.24, 2.45) is 0 Å². The number of halogens is 3. The van der Waals surface area contributed by atoms with Crippen molar-refractivity contribution in [3.8, 4) is 0 Å². The third-order valence-corrected chi connectivity index (χ3v) is 2.71. The second-order valence-electron chi connectivity index (χ2n) is 4.32. The monoisotopic (exact) mass is 238 g/mol. The molecule has 1 aliphatic rings. The number of nitrogens with zero attached hydrogens (tertiary/aromatic N) is 1. The Labute approximate surface area is 93.0 Å². The standard InChI is InChI=1S/C10H17F3N2O/c1-7-6-15(8(2)5-14-7)9(16)3-4-10(11,12)13/h7-8,14H,3-6H2,1-2H3. The Bertz CT molecular complexity index is 255. The van der Waals surface area contributed by atoms with Gasteiger partial charge in [0.2, 0.25) is 5.91 Å². The van der Waals surface area contributed by atoms with E-state index in [0.717, 1.165) is 0 Å². The maximum Gasteiger partial charge on any atom is 0.389 e. The molecule has 1 aliphatic heterocycles. The molecule has 3 nitrogen and oxygen atoms in total. The molecule has 0 aromatic heterocycles. The smallest absolute Gasteiger partial charge is 0.337 e. The molecule has 2 unspecified atom stereocenters. The van der Waals surface area contributed by atoms with Gasteiger partial charge in [-0.2, -0.15) is 13.2 Å². The number of piperazine rings is 1. The van der Waals surface area contributed by atoms with Crippen LogP contribution in [0.5, 0.6) is 0 Å². The fourth-order valence-electron chi connectivity index (χ4n) is 1.76. The van der Waals surface area contributed by atoms with Crippen molar-refractivity contribution in [1.29, 1.82) is 0 Å². The molecule has 0 aromatic rings. The molecular formula is C10H17F3N2O. The van der Waals surface area contributed by atoms with E-state index in [1.54, 1.807) is 0 Å². The summed E-state index contributed by atoms with van der Waals surface area (Å²) in [5, 5.41) is 3.17. The summed E-state index contributed by atoms with van der Waals surface area (Å²) in [6.07, 6.45) is -5.73. The second kappa shape index (κ2) is 5.03. The van der Waals surface area contributed by atoms with Crippen LogP contribution in [0.1, 0.15) is 26.7 Å². The minimum Gasteiger partial charge on any atom is -0.337 e. The van der Waals surface area contributed by atoms with Crippen molar-refractivity contribution in [3.63, 3.8) is 0 Å². The van der Waals surface area contributed by atoms with Gasteiger partial charge in [0.05, 0.1) is 6.42 Å². The molecule has 1 saturated heterocycles. The van der Waals surface area contributed by atoms with Crippen LogP contribution in [0.25, 0.3) is 0 Å². The van der Waals surface area contributed by atoms with Crippen molar-refractivity contribution < 1.29 is 18.0 Å². The van der Waals surface area contributed by atoms with Gasteiger partial charge in [-0.05, 0) is 13.8 Å². The van der Waals surface area contributed by atoms with Gasteiger partial charge in [0, 0.05) is 31.6 Å². The maximum atomic E-state index is 12.0. The van der Waals surface area contributed by atoms with Crippen LogP contribution in [0.15, 0.2) is 0 Å². The largest absolute Gasteiger partial charge is 0.389 e. The van der Waals surface area contributed by atoms with Gasteiger partial charge in [-0.1, -0.05) is 0 Å². The summed E-state index contributed by atoms with van der Waals surface area (Å²) in [7, 11) is 0. The molecule has 0 aromatic carbocycles. The summed E-state index contributed by atoms with van der Waals surface area (Å²) in [4.78, 5) is 13.1. The zero-order chi connectivity index (χ0) is 12.3. The Morgan fingerprint density at radius 3 is 2.62 bits per heavy atom. The van der Waals surface area contributed by atoms with E-state index in [1.807, 2.05) is 13.8 Å². The first-order valence-corrected chi connectivity index (χ1v) is 5.39. The van der Waals surface area contributed by atoms with E-state index in [0.29, 0.717) is 13.1 Å². The lowest BCUT2D eigenvalue weighted by Gasteiger charge is -2.37. The predicted molar refractivity (Wildman–Crippen MR) is 53.9 cm³/mol. The Morgan fingerprint density at radius 1 is 1.44 bits per heavy atom. The minimum atomic E-state index is -4.25. The van der Waals surface area contributed by atoms with E-state index >= 15 is 0 Å². The summed E-state index contributed by atoms with van der Waals surface area (Å²) < 4.78 is 35.9. The van der Waals surface area contributed by atoms with E-state index < -0.39 is 24.9 Å². The summed E-state index contributed by atoms with van der Waals surface area (Å²) in [6, 6.07) is 0.114. The SMILES string of the molecule is CC1CN(C(=O)CCC(F)(F)F)C(C)CN1. The molecule has 0 saturated carbocycles.